The summed E-state index contributed by atoms with van der Waals surface area (Å²) in [6.07, 6.45) is 0. The average Bonchev–Trinajstić information content (AvgIpc) is 2.36. The summed E-state index contributed by atoms with van der Waals surface area (Å²) < 4.78 is 0. The summed E-state index contributed by atoms with van der Waals surface area (Å²) >= 11 is 0. The number of nitro groups is 1. The lowest BCUT2D eigenvalue weighted by Crippen LogP contribution is -2.38. The Kier molecular flexibility index (Phi) is 5.00. The number of aliphatic hydroxyl groups is 1. The Bertz CT molecular complexity index is 488. The first-order chi connectivity index (χ1) is 8.88. The van der Waals surface area contributed by atoms with E-state index in [0.717, 1.165) is 0 Å². The third-order valence-corrected chi connectivity index (χ3v) is 3.17. The topological polar surface area (TPSA) is 92.5 Å². The summed E-state index contributed by atoms with van der Waals surface area (Å²) in [6.45, 7) is 5.14. The van der Waals surface area contributed by atoms with Gasteiger partial charge in [0.2, 0.25) is 0 Å². The largest absolute Gasteiger partial charge is 0.396 e. The predicted molar refractivity (Wildman–Crippen MR) is 71.0 cm³/mol. The van der Waals surface area contributed by atoms with Gasteiger partial charge in [0.1, 0.15) is 5.56 Å². The van der Waals surface area contributed by atoms with E-state index in [1.165, 1.54) is 6.07 Å². The fraction of sp³-hybridized carbons (Fsp3) is 0.462. The summed E-state index contributed by atoms with van der Waals surface area (Å²) in [5.74, 6) is -0.607. The highest BCUT2D eigenvalue weighted by molar-refractivity contribution is 5.99. The molecule has 1 aromatic rings. The number of nitrogens with one attached hydrogen (secondary N) is 1. The molecule has 0 saturated carbocycles. The van der Waals surface area contributed by atoms with Crippen LogP contribution in [0.4, 0.5) is 5.69 Å². The fourth-order valence-corrected chi connectivity index (χ4v) is 1.68. The smallest absolute Gasteiger partial charge is 0.282 e. The van der Waals surface area contributed by atoms with E-state index in [0.29, 0.717) is 5.56 Å². The molecular weight excluding hydrogens is 248 g/mol. The van der Waals surface area contributed by atoms with E-state index >= 15 is 0 Å². The quantitative estimate of drug-likeness (QED) is 0.626. The molecule has 1 amide bonds. The van der Waals surface area contributed by atoms with Crippen molar-refractivity contribution in [3.05, 3.63) is 39.4 Å². The summed E-state index contributed by atoms with van der Waals surface area (Å²) in [6, 6.07) is 4.24. The molecule has 0 bridgehead atoms. The van der Waals surface area contributed by atoms with Crippen LogP contribution in [0.3, 0.4) is 0 Å². The van der Waals surface area contributed by atoms with Gasteiger partial charge in [-0.25, -0.2) is 0 Å². The van der Waals surface area contributed by atoms with Crippen molar-refractivity contribution in [1.82, 2.24) is 5.32 Å². The van der Waals surface area contributed by atoms with Crippen LogP contribution in [-0.4, -0.2) is 28.6 Å². The molecule has 1 rings (SSSR count). The summed E-state index contributed by atoms with van der Waals surface area (Å²) in [5, 5.41) is 22.6. The predicted octanol–water partition coefficient (Wildman–Crippen LogP) is 1.65. The van der Waals surface area contributed by atoms with Crippen LogP contribution >= 0.6 is 0 Å². The van der Waals surface area contributed by atoms with Crippen LogP contribution in [0.25, 0.3) is 0 Å². The number of amides is 1. The van der Waals surface area contributed by atoms with Crippen molar-refractivity contribution in [1.29, 1.82) is 0 Å². The van der Waals surface area contributed by atoms with Gasteiger partial charge in [-0.05, 0) is 25.3 Å². The van der Waals surface area contributed by atoms with Gasteiger partial charge in [-0.1, -0.05) is 19.1 Å². The second-order valence-electron chi connectivity index (χ2n) is 4.65. The highest BCUT2D eigenvalue weighted by Crippen LogP contribution is 2.22. The number of hydrogen-bond donors (Lipinski definition) is 2. The van der Waals surface area contributed by atoms with Gasteiger partial charge in [-0.3, -0.25) is 14.9 Å². The molecule has 2 unspecified atom stereocenters. The molecule has 0 heterocycles. The number of aliphatic hydroxyl groups excluding tert-OH is 1. The lowest BCUT2D eigenvalue weighted by molar-refractivity contribution is -0.385. The molecule has 2 atom stereocenters. The molecule has 0 aliphatic heterocycles. The molecular formula is C13H18N2O4. The monoisotopic (exact) mass is 266 g/mol. The van der Waals surface area contributed by atoms with E-state index < -0.39 is 10.8 Å². The van der Waals surface area contributed by atoms with Crippen molar-refractivity contribution in [3.63, 3.8) is 0 Å². The number of carbonyl (C=O) groups is 1. The zero-order chi connectivity index (χ0) is 14.6. The van der Waals surface area contributed by atoms with Gasteiger partial charge >= 0.3 is 0 Å². The summed E-state index contributed by atoms with van der Waals surface area (Å²) in [4.78, 5) is 22.5. The molecule has 19 heavy (non-hydrogen) atoms. The van der Waals surface area contributed by atoms with Crippen LogP contribution in [-0.2, 0) is 0 Å². The van der Waals surface area contributed by atoms with Crippen LogP contribution in [0.2, 0.25) is 0 Å². The van der Waals surface area contributed by atoms with Crippen molar-refractivity contribution >= 4 is 11.6 Å². The number of hydrogen-bond acceptors (Lipinski definition) is 4. The molecule has 6 nitrogen and oxygen atoms in total. The van der Waals surface area contributed by atoms with E-state index in [4.69, 9.17) is 5.11 Å². The van der Waals surface area contributed by atoms with Gasteiger partial charge in [-0.15, -0.1) is 0 Å². The molecule has 0 saturated heterocycles. The second-order valence-corrected chi connectivity index (χ2v) is 4.65. The van der Waals surface area contributed by atoms with Crippen LogP contribution < -0.4 is 5.32 Å². The minimum Gasteiger partial charge on any atom is -0.396 e. The maximum atomic E-state index is 12.1. The maximum absolute atomic E-state index is 12.1. The Morgan fingerprint density at radius 2 is 2.11 bits per heavy atom. The number of benzene rings is 1. The molecule has 6 heteroatoms. The Labute approximate surface area is 111 Å². The molecule has 0 aromatic heterocycles. The van der Waals surface area contributed by atoms with E-state index in [2.05, 4.69) is 5.32 Å². The Morgan fingerprint density at radius 1 is 1.47 bits per heavy atom. The number of aryl methyl sites for hydroxylation is 1. The average molecular weight is 266 g/mol. The SMILES string of the molecule is Cc1cccc([N+](=O)[O-])c1C(=O)NC(C)C(C)CO. The molecule has 0 spiro atoms. The van der Waals surface area contributed by atoms with Gasteiger partial charge in [0.05, 0.1) is 4.92 Å². The van der Waals surface area contributed by atoms with Crippen molar-refractivity contribution in [2.75, 3.05) is 6.61 Å². The van der Waals surface area contributed by atoms with Crippen LogP contribution in [0.5, 0.6) is 0 Å². The third-order valence-electron chi connectivity index (χ3n) is 3.17. The Balaban J connectivity index is 3.03. The van der Waals surface area contributed by atoms with Gasteiger partial charge in [0, 0.05) is 18.7 Å². The lowest BCUT2D eigenvalue weighted by atomic mass is 10.0. The zero-order valence-electron chi connectivity index (χ0n) is 11.2. The van der Waals surface area contributed by atoms with Crippen molar-refractivity contribution < 1.29 is 14.8 Å². The molecule has 0 fully saturated rings. The van der Waals surface area contributed by atoms with E-state index in [1.807, 2.05) is 0 Å². The molecule has 0 aliphatic rings. The van der Waals surface area contributed by atoms with E-state index in [-0.39, 0.29) is 29.8 Å². The third kappa shape index (κ3) is 3.51. The van der Waals surface area contributed by atoms with Crippen LogP contribution in [0.1, 0.15) is 29.8 Å². The summed E-state index contributed by atoms with van der Waals surface area (Å²) in [7, 11) is 0. The Hall–Kier alpha value is -1.95. The minimum absolute atomic E-state index is 0.0582. The Morgan fingerprint density at radius 3 is 2.63 bits per heavy atom. The standard InChI is InChI=1S/C13H18N2O4/c1-8-5-4-6-11(15(18)19)12(8)13(17)14-10(3)9(2)7-16/h4-6,9-10,16H,7H2,1-3H3,(H,14,17). The molecule has 104 valence electrons. The number of nitrogens with zero attached hydrogens (tertiary/aromatic N) is 1. The van der Waals surface area contributed by atoms with Crippen molar-refractivity contribution in [2.24, 2.45) is 5.92 Å². The molecule has 0 aliphatic carbocycles. The van der Waals surface area contributed by atoms with Crippen molar-refractivity contribution in [3.8, 4) is 0 Å². The number of nitro benzene ring substituents is 1. The molecule has 2 N–H and O–H groups in total. The zero-order valence-corrected chi connectivity index (χ0v) is 11.2. The fourth-order valence-electron chi connectivity index (χ4n) is 1.68. The molecule has 1 aromatic carbocycles. The lowest BCUT2D eigenvalue weighted by Gasteiger charge is -2.19. The van der Waals surface area contributed by atoms with Crippen molar-refractivity contribution in [2.45, 2.75) is 26.8 Å². The van der Waals surface area contributed by atoms with Gasteiger partial charge in [0.25, 0.3) is 11.6 Å². The second kappa shape index (κ2) is 6.29. The van der Waals surface area contributed by atoms with E-state index in [9.17, 15) is 14.9 Å². The maximum Gasteiger partial charge on any atom is 0.282 e. The first-order valence-corrected chi connectivity index (χ1v) is 6.04. The van der Waals surface area contributed by atoms with Gasteiger partial charge in [-0.2, -0.15) is 0 Å². The van der Waals surface area contributed by atoms with Crippen LogP contribution in [0, 0.1) is 23.0 Å². The van der Waals surface area contributed by atoms with Gasteiger partial charge < -0.3 is 10.4 Å². The first kappa shape index (κ1) is 15.1. The highest BCUT2D eigenvalue weighted by Gasteiger charge is 2.24. The van der Waals surface area contributed by atoms with Gasteiger partial charge in [0.15, 0.2) is 0 Å². The highest BCUT2D eigenvalue weighted by atomic mass is 16.6. The summed E-state index contributed by atoms with van der Waals surface area (Å²) in [5.41, 5.74) is 0.418. The normalized spacial score (nSPS) is 13.7. The van der Waals surface area contributed by atoms with E-state index in [1.54, 1.807) is 32.9 Å². The first-order valence-electron chi connectivity index (χ1n) is 6.04. The minimum atomic E-state index is -0.567. The number of carbonyl (C=O) groups excluding carboxylic acids is 1. The molecule has 0 radical (unpaired) electrons. The number of rotatable bonds is 5. The van der Waals surface area contributed by atoms with Crippen LogP contribution in [0.15, 0.2) is 18.2 Å².